The third kappa shape index (κ3) is 8.06. The number of amides is 2. The summed E-state index contributed by atoms with van der Waals surface area (Å²) < 4.78 is 39.1. The molecule has 11 heteroatoms. The van der Waals surface area contributed by atoms with Gasteiger partial charge in [0, 0.05) is 35.0 Å². The quantitative estimate of drug-likeness (QED) is 0.311. The number of nitrogens with zero attached hydrogens (tertiary/aromatic N) is 2. The summed E-state index contributed by atoms with van der Waals surface area (Å²) in [7, 11) is -0.831. The largest absolute Gasteiger partial charge is 0.493 e. The van der Waals surface area contributed by atoms with Crippen molar-refractivity contribution in [2.24, 2.45) is 0 Å². The van der Waals surface area contributed by atoms with Crippen LogP contribution in [0.1, 0.15) is 36.1 Å². The van der Waals surface area contributed by atoms with Gasteiger partial charge in [0.15, 0.2) is 11.5 Å². The van der Waals surface area contributed by atoms with Crippen LogP contribution in [0.2, 0.25) is 0 Å². The van der Waals surface area contributed by atoms with Gasteiger partial charge in [-0.3, -0.25) is 9.59 Å². The van der Waals surface area contributed by atoms with Gasteiger partial charge < -0.3 is 19.7 Å². The standard InChI is InChI=1S/C29H37N3O6S2/c1-20(2)32(40(35,36)26-12-9-24(10-13-26)30-22(4)33)19-29(34)31(18-25-11-7-21(3)39-25)16-15-23-8-14-27(37-5)28(17-23)38-6/h7-14,17,20H,15-16,18-19H2,1-6H3,(H,30,33). The van der Waals surface area contributed by atoms with Crippen LogP contribution in [0.15, 0.2) is 59.5 Å². The van der Waals surface area contributed by atoms with E-state index in [1.807, 2.05) is 37.3 Å². The molecule has 0 aliphatic carbocycles. The maximum Gasteiger partial charge on any atom is 0.243 e. The van der Waals surface area contributed by atoms with E-state index in [1.165, 1.54) is 35.5 Å². The normalized spacial score (nSPS) is 11.5. The minimum absolute atomic E-state index is 0.0499. The Morgan fingerprint density at radius 3 is 2.20 bits per heavy atom. The fraction of sp³-hybridized carbons (Fsp3) is 0.379. The number of benzene rings is 2. The molecular formula is C29H37N3O6S2. The molecule has 216 valence electrons. The molecule has 1 heterocycles. The summed E-state index contributed by atoms with van der Waals surface area (Å²) in [4.78, 5) is 28.9. The van der Waals surface area contributed by atoms with Gasteiger partial charge in [-0.25, -0.2) is 8.42 Å². The third-order valence-electron chi connectivity index (χ3n) is 6.26. The SMILES string of the molecule is COc1ccc(CCN(Cc2ccc(C)s2)C(=O)CN(C(C)C)S(=O)(=O)c2ccc(NC(C)=O)cc2)cc1OC. The molecule has 0 aliphatic rings. The van der Waals surface area contributed by atoms with E-state index in [1.54, 1.807) is 44.3 Å². The highest BCUT2D eigenvalue weighted by Crippen LogP contribution is 2.28. The molecule has 0 saturated heterocycles. The second-order valence-corrected chi connectivity index (χ2v) is 12.9. The first kappa shape index (κ1) is 31.1. The number of carbonyl (C=O) groups is 2. The number of methoxy groups -OCH3 is 2. The summed E-state index contributed by atoms with van der Waals surface area (Å²) in [6.07, 6.45) is 0.551. The Morgan fingerprint density at radius 1 is 0.975 bits per heavy atom. The molecule has 0 fully saturated rings. The molecule has 3 rings (SSSR count). The first-order chi connectivity index (χ1) is 18.9. The van der Waals surface area contributed by atoms with Gasteiger partial charge in [-0.05, 0) is 81.3 Å². The molecule has 3 aromatic rings. The number of carbonyl (C=O) groups excluding carboxylic acids is 2. The molecule has 0 atom stereocenters. The van der Waals surface area contributed by atoms with E-state index in [4.69, 9.17) is 9.47 Å². The Morgan fingerprint density at radius 2 is 1.65 bits per heavy atom. The summed E-state index contributed by atoms with van der Waals surface area (Å²) in [6, 6.07) is 15.1. The van der Waals surface area contributed by atoms with Crippen LogP contribution in [-0.2, 0) is 32.6 Å². The van der Waals surface area contributed by atoms with E-state index < -0.39 is 16.1 Å². The van der Waals surface area contributed by atoms with Crippen LogP contribution >= 0.6 is 11.3 Å². The number of aryl methyl sites for hydroxylation is 1. The molecule has 0 unspecified atom stereocenters. The molecule has 0 radical (unpaired) electrons. The number of ether oxygens (including phenoxy) is 2. The van der Waals surface area contributed by atoms with Crippen molar-refractivity contribution in [3.05, 3.63) is 69.9 Å². The number of sulfonamides is 1. The van der Waals surface area contributed by atoms with Crippen molar-refractivity contribution in [1.82, 2.24) is 9.21 Å². The van der Waals surface area contributed by atoms with Gasteiger partial charge in [-0.2, -0.15) is 4.31 Å². The van der Waals surface area contributed by atoms with Gasteiger partial charge in [-0.15, -0.1) is 11.3 Å². The van der Waals surface area contributed by atoms with E-state index in [0.717, 1.165) is 15.3 Å². The zero-order chi connectivity index (χ0) is 29.4. The van der Waals surface area contributed by atoms with Crippen LogP contribution in [-0.4, -0.2) is 62.8 Å². The predicted octanol–water partition coefficient (Wildman–Crippen LogP) is 4.70. The lowest BCUT2D eigenvalue weighted by molar-refractivity contribution is -0.132. The molecule has 2 amide bonds. The van der Waals surface area contributed by atoms with Crippen molar-refractivity contribution in [3.63, 3.8) is 0 Å². The Hall–Kier alpha value is -3.41. The van der Waals surface area contributed by atoms with Crippen LogP contribution in [0, 0.1) is 6.92 Å². The summed E-state index contributed by atoms with van der Waals surface area (Å²) in [5, 5.41) is 2.63. The average molecular weight is 588 g/mol. The second kappa shape index (κ2) is 13.8. The fourth-order valence-corrected chi connectivity index (χ4v) is 6.67. The molecular weight excluding hydrogens is 550 g/mol. The molecule has 1 aromatic heterocycles. The van der Waals surface area contributed by atoms with Crippen LogP contribution in [0.3, 0.4) is 0 Å². The lowest BCUT2D eigenvalue weighted by Crippen LogP contribution is -2.46. The van der Waals surface area contributed by atoms with Crippen LogP contribution in [0.4, 0.5) is 5.69 Å². The summed E-state index contributed by atoms with van der Waals surface area (Å²) in [5.41, 5.74) is 1.46. The molecule has 0 aliphatic heterocycles. The average Bonchev–Trinajstić information content (AvgIpc) is 3.33. The highest BCUT2D eigenvalue weighted by molar-refractivity contribution is 7.89. The van der Waals surface area contributed by atoms with Crippen molar-refractivity contribution in [2.75, 3.05) is 32.6 Å². The van der Waals surface area contributed by atoms with E-state index in [-0.39, 0.29) is 23.3 Å². The minimum atomic E-state index is -3.98. The highest BCUT2D eigenvalue weighted by atomic mass is 32.2. The lowest BCUT2D eigenvalue weighted by atomic mass is 10.1. The molecule has 0 saturated carbocycles. The highest BCUT2D eigenvalue weighted by Gasteiger charge is 2.31. The zero-order valence-corrected chi connectivity index (χ0v) is 25.4. The van der Waals surface area contributed by atoms with Crippen molar-refractivity contribution in [2.45, 2.75) is 51.6 Å². The summed E-state index contributed by atoms with van der Waals surface area (Å²) in [5.74, 6) is 0.683. The number of hydrogen-bond donors (Lipinski definition) is 1. The molecule has 40 heavy (non-hydrogen) atoms. The van der Waals surface area contributed by atoms with Crippen LogP contribution in [0.25, 0.3) is 0 Å². The van der Waals surface area contributed by atoms with Gasteiger partial charge >= 0.3 is 0 Å². The molecule has 0 spiro atoms. The van der Waals surface area contributed by atoms with Gasteiger partial charge in [0.05, 0.1) is 32.2 Å². The van der Waals surface area contributed by atoms with Gasteiger partial charge in [-0.1, -0.05) is 6.07 Å². The smallest absolute Gasteiger partial charge is 0.243 e. The van der Waals surface area contributed by atoms with Crippen LogP contribution in [0.5, 0.6) is 11.5 Å². The van der Waals surface area contributed by atoms with E-state index in [2.05, 4.69) is 5.32 Å². The van der Waals surface area contributed by atoms with Crippen molar-refractivity contribution >= 4 is 38.9 Å². The van der Waals surface area contributed by atoms with Gasteiger partial charge in [0.1, 0.15) is 0 Å². The Balaban J connectivity index is 1.83. The van der Waals surface area contributed by atoms with Crippen molar-refractivity contribution in [3.8, 4) is 11.5 Å². The summed E-state index contributed by atoms with van der Waals surface area (Å²) in [6.45, 7) is 7.34. The van der Waals surface area contributed by atoms with Crippen LogP contribution < -0.4 is 14.8 Å². The maximum absolute atomic E-state index is 13.7. The van der Waals surface area contributed by atoms with Gasteiger partial charge in [0.2, 0.25) is 21.8 Å². The fourth-order valence-electron chi connectivity index (χ4n) is 4.18. The Labute approximate surface area is 240 Å². The van der Waals surface area contributed by atoms with Crippen molar-refractivity contribution in [1.29, 1.82) is 0 Å². The summed E-state index contributed by atoms with van der Waals surface area (Å²) >= 11 is 1.61. The lowest BCUT2D eigenvalue weighted by Gasteiger charge is -2.29. The predicted molar refractivity (Wildman–Crippen MR) is 157 cm³/mol. The maximum atomic E-state index is 13.7. The minimum Gasteiger partial charge on any atom is -0.493 e. The van der Waals surface area contributed by atoms with E-state index in [0.29, 0.717) is 36.7 Å². The van der Waals surface area contributed by atoms with E-state index in [9.17, 15) is 18.0 Å². The molecule has 0 bridgehead atoms. The zero-order valence-electron chi connectivity index (χ0n) is 23.8. The van der Waals surface area contributed by atoms with Crippen molar-refractivity contribution < 1.29 is 27.5 Å². The van der Waals surface area contributed by atoms with E-state index >= 15 is 0 Å². The monoisotopic (exact) mass is 587 g/mol. The number of anilines is 1. The Kier molecular flexibility index (Phi) is 10.7. The number of rotatable bonds is 13. The Bertz CT molecular complexity index is 1420. The number of hydrogen-bond acceptors (Lipinski definition) is 7. The molecule has 2 aromatic carbocycles. The van der Waals surface area contributed by atoms with Gasteiger partial charge in [0.25, 0.3) is 0 Å². The molecule has 1 N–H and O–H groups in total. The third-order valence-corrected chi connectivity index (χ3v) is 9.28. The number of nitrogens with one attached hydrogen (secondary N) is 1. The number of thiophene rings is 1. The molecule has 9 nitrogen and oxygen atoms in total. The second-order valence-electron chi connectivity index (χ2n) is 9.62. The first-order valence-electron chi connectivity index (χ1n) is 12.9. The first-order valence-corrected chi connectivity index (χ1v) is 15.1. The topological polar surface area (TPSA) is 105 Å².